The van der Waals surface area contributed by atoms with Gasteiger partial charge in [-0.3, -0.25) is 9.59 Å². The third-order valence-corrected chi connectivity index (χ3v) is 3.92. The van der Waals surface area contributed by atoms with Crippen molar-refractivity contribution in [3.05, 3.63) is 35.4 Å². The van der Waals surface area contributed by atoms with Crippen molar-refractivity contribution >= 4 is 24.2 Å². The standard InChI is InChI=1S/C17H25N3O2.ClH/c1-2-8-19-16(21)14-4-3-5-15(11-14)17(22)20-10-7-13-6-9-18-12-13;/h3-5,11,13,18H,2,6-10,12H2,1H3,(H,19,21)(H,20,22);1H. The Balaban J connectivity index is 0.00000264. The minimum Gasteiger partial charge on any atom is -0.352 e. The highest BCUT2D eigenvalue weighted by atomic mass is 35.5. The average Bonchev–Trinajstić information content (AvgIpc) is 3.06. The maximum Gasteiger partial charge on any atom is 0.251 e. The lowest BCUT2D eigenvalue weighted by Crippen LogP contribution is -2.27. The number of benzene rings is 1. The normalized spacial score (nSPS) is 16.5. The fraction of sp³-hybridized carbons (Fsp3) is 0.529. The number of carbonyl (C=O) groups excluding carboxylic acids is 2. The highest BCUT2D eigenvalue weighted by Gasteiger charge is 2.15. The van der Waals surface area contributed by atoms with Crippen LogP contribution >= 0.6 is 12.4 Å². The Labute approximate surface area is 144 Å². The lowest BCUT2D eigenvalue weighted by atomic mass is 10.1. The van der Waals surface area contributed by atoms with Crippen LogP contribution < -0.4 is 16.0 Å². The molecule has 2 rings (SSSR count). The quantitative estimate of drug-likeness (QED) is 0.711. The molecule has 0 saturated carbocycles. The summed E-state index contributed by atoms with van der Waals surface area (Å²) < 4.78 is 0. The molecule has 0 bridgehead atoms. The summed E-state index contributed by atoms with van der Waals surface area (Å²) in [6.07, 6.45) is 3.07. The van der Waals surface area contributed by atoms with E-state index in [0.717, 1.165) is 25.9 Å². The molecule has 3 N–H and O–H groups in total. The molecule has 1 fully saturated rings. The summed E-state index contributed by atoms with van der Waals surface area (Å²) >= 11 is 0. The Morgan fingerprint density at radius 1 is 1.17 bits per heavy atom. The molecule has 1 aromatic rings. The van der Waals surface area contributed by atoms with Crippen molar-refractivity contribution in [3.8, 4) is 0 Å². The minimum absolute atomic E-state index is 0. The lowest BCUT2D eigenvalue weighted by molar-refractivity contribution is 0.0951. The van der Waals surface area contributed by atoms with E-state index in [1.807, 2.05) is 6.92 Å². The summed E-state index contributed by atoms with van der Waals surface area (Å²) in [4.78, 5) is 24.1. The predicted octanol–water partition coefficient (Wildman–Crippen LogP) is 1.98. The molecule has 1 heterocycles. The molecule has 0 aromatic heterocycles. The Morgan fingerprint density at radius 3 is 2.39 bits per heavy atom. The van der Waals surface area contributed by atoms with Crippen LogP contribution in [0, 0.1) is 5.92 Å². The second-order valence-corrected chi connectivity index (χ2v) is 5.74. The molecule has 5 nitrogen and oxygen atoms in total. The van der Waals surface area contributed by atoms with Crippen molar-refractivity contribution in [2.45, 2.75) is 26.2 Å². The number of hydrogen-bond donors (Lipinski definition) is 3. The highest BCUT2D eigenvalue weighted by Crippen LogP contribution is 2.11. The van der Waals surface area contributed by atoms with E-state index >= 15 is 0 Å². The molecule has 0 aliphatic carbocycles. The van der Waals surface area contributed by atoms with Gasteiger partial charge in [-0.25, -0.2) is 0 Å². The van der Waals surface area contributed by atoms with Gasteiger partial charge in [0.1, 0.15) is 0 Å². The lowest BCUT2D eigenvalue weighted by Gasteiger charge is -2.10. The Morgan fingerprint density at radius 2 is 1.83 bits per heavy atom. The number of nitrogens with one attached hydrogen (secondary N) is 3. The largest absolute Gasteiger partial charge is 0.352 e. The third kappa shape index (κ3) is 6.20. The molecule has 2 amide bonds. The SMILES string of the molecule is CCCNC(=O)c1cccc(C(=O)NCCC2CCNC2)c1.Cl. The molecule has 23 heavy (non-hydrogen) atoms. The maximum absolute atomic E-state index is 12.1. The second-order valence-electron chi connectivity index (χ2n) is 5.74. The van der Waals surface area contributed by atoms with Gasteiger partial charge in [-0.15, -0.1) is 12.4 Å². The number of halogens is 1. The first-order chi connectivity index (χ1) is 10.7. The fourth-order valence-electron chi connectivity index (χ4n) is 2.59. The zero-order chi connectivity index (χ0) is 15.8. The first-order valence-electron chi connectivity index (χ1n) is 8.08. The summed E-state index contributed by atoms with van der Waals surface area (Å²) in [5, 5.41) is 9.08. The smallest absolute Gasteiger partial charge is 0.251 e. The van der Waals surface area contributed by atoms with Crippen LogP contribution in [0.15, 0.2) is 24.3 Å². The highest BCUT2D eigenvalue weighted by molar-refractivity contribution is 5.99. The number of carbonyl (C=O) groups is 2. The minimum atomic E-state index is -0.131. The Hall–Kier alpha value is -1.59. The van der Waals surface area contributed by atoms with E-state index in [1.165, 1.54) is 6.42 Å². The van der Waals surface area contributed by atoms with Crippen LogP contribution in [0.3, 0.4) is 0 Å². The van der Waals surface area contributed by atoms with E-state index in [0.29, 0.717) is 30.1 Å². The molecule has 128 valence electrons. The first-order valence-corrected chi connectivity index (χ1v) is 8.08. The van der Waals surface area contributed by atoms with Gasteiger partial charge in [-0.1, -0.05) is 13.0 Å². The molecule has 6 heteroatoms. The van der Waals surface area contributed by atoms with Gasteiger partial charge in [0, 0.05) is 24.2 Å². The van der Waals surface area contributed by atoms with Gasteiger partial charge < -0.3 is 16.0 Å². The Kier molecular flexibility index (Phi) is 8.66. The summed E-state index contributed by atoms with van der Waals surface area (Å²) in [6, 6.07) is 6.86. The third-order valence-electron chi connectivity index (χ3n) is 3.92. The van der Waals surface area contributed by atoms with Crippen molar-refractivity contribution in [1.82, 2.24) is 16.0 Å². The van der Waals surface area contributed by atoms with Crippen LogP contribution in [0.4, 0.5) is 0 Å². The van der Waals surface area contributed by atoms with Crippen molar-refractivity contribution in [3.63, 3.8) is 0 Å². The summed E-state index contributed by atoms with van der Waals surface area (Å²) in [5.41, 5.74) is 1.06. The van der Waals surface area contributed by atoms with Gasteiger partial charge in [0.15, 0.2) is 0 Å². The molecule has 1 aliphatic rings. The summed E-state index contributed by atoms with van der Waals surface area (Å²) in [7, 11) is 0. The molecule has 1 saturated heterocycles. The molecule has 0 radical (unpaired) electrons. The van der Waals surface area contributed by atoms with Crippen LogP contribution in [-0.4, -0.2) is 38.0 Å². The fourth-order valence-corrected chi connectivity index (χ4v) is 2.59. The van der Waals surface area contributed by atoms with Crippen LogP contribution in [0.1, 0.15) is 46.9 Å². The maximum atomic E-state index is 12.1. The predicted molar refractivity (Wildman–Crippen MR) is 94.2 cm³/mol. The van der Waals surface area contributed by atoms with Gasteiger partial charge >= 0.3 is 0 Å². The van der Waals surface area contributed by atoms with Crippen molar-refractivity contribution in [1.29, 1.82) is 0 Å². The summed E-state index contributed by atoms with van der Waals surface area (Å²) in [6.45, 7) is 5.45. The zero-order valence-corrected chi connectivity index (χ0v) is 14.4. The second kappa shape index (κ2) is 10.2. The number of rotatable bonds is 7. The van der Waals surface area contributed by atoms with Gasteiger partial charge in [-0.05, 0) is 56.5 Å². The number of amides is 2. The van der Waals surface area contributed by atoms with E-state index in [1.54, 1.807) is 24.3 Å². The topological polar surface area (TPSA) is 70.2 Å². The molecular formula is C17H26ClN3O2. The molecule has 1 unspecified atom stereocenters. The van der Waals surface area contributed by atoms with E-state index < -0.39 is 0 Å². The zero-order valence-electron chi connectivity index (χ0n) is 13.6. The Bertz CT molecular complexity index is 516. The van der Waals surface area contributed by atoms with Gasteiger partial charge in [0.05, 0.1) is 0 Å². The molecule has 1 aliphatic heterocycles. The molecule has 1 atom stereocenters. The van der Waals surface area contributed by atoms with Crippen LogP contribution in [0.2, 0.25) is 0 Å². The van der Waals surface area contributed by atoms with Crippen molar-refractivity contribution in [2.24, 2.45) is 5.92 Å². The van der Waals surface area contributed by atoms with E-state index in [9.17, 15) is 9.59 Å². The van der Waals surface area contributed by atoms with Crippen molar-refractivity contribution in [2.75, 3.05) is 26.2 Å². The molecule has 1 aromatic carbocycles. The van der Waals surface area contributed by atoms with Crippen LogP contribution in [-0.2, 0) is 0 Å². The van der Waals surface area contributed by atoms with Crippen LogP contribution in [0.25, 0.3) is 0 Å². The molecule has 0 spiro atoms. The van der Waals surface area contributed by atoms with E-state index in [2.05, 4.69) is 16.0 Å². The van der Waals surface area contributed by atoms with E-state index in [-0.39, 0.29) is 24.2 Å². The van der Waals surface area contributed by atoms with Gasteiger partial charge in [-0.2, -0.15) is 0 Å². The van der Waals surface area contributed by atoms with E-state index in [4.69, 9.17) is 0 Å². The monoisotopic (exact) mass is 339 g/mol. The number of hydrogen-bond acceptors (Lipinski definition) is 3. The molecular weight excluding hydrogens is 314 g/mol. The van der Waals surface area contributed by atoms with Gasteiger partial charge in [0.2, 0.25) is 0 Å². The summed E-state index contributed by atoms with van der Waals surface area (Å²) in [5.74, 6) is 0.413. The first kappa shape index (κ1) is 19.5. The van der Waals surface area contributed by atoms with Gasteiger partial charge in [0.25, 0.3) is 11.8 Å². The van der Waals surface area contributed by atoms with Crippen LogP contribution in [0.5, 0.6) is 0 Å². The average molecular weight is 340 g/mol. The van der Waals surface area contributed by atoms with Crippen molar-refractivity contribution < 1.29 is 9.59 Å².